The molecule has 0 aliphatic rings. The zero-order chi connectivity index (χ0) is 12.1. The second kappa shape index (κ2) is 6.12. The van der Waals surface area contributed by atoms with E-state index in [1.54, 1.807) is 0 Å². The van der Waals surface area contributed by atoms with Crippen LogP contribution in [0.25, 0.3) is 0 Å². The van der Waals surface area contributed by atoms with Crippen molar-refractivity contribution in [2.24, 2.45) is 0 Å². The summed E-state index contributed by atoms with van der Waals surface area (Å²) < 4.78 is 56.1. The second-order valence-corrected chi connectivity index (χ2v) is 4.09. The summed E-state index contributed by atoms with van der Waals surface area (Å²) in [6.07, 6.45) is -7.90. The van der Waals surface area contributed by atoms with Gasteiger partial charge in [0.05, 0.1) is 12.8 Å². The molecule has 0 rings (SSSR count). The van der Waals surface area contributed by atoms with Crippen LogP contribution in [0.3, 0.4) is 0 Å². The molecule has 90 valence electrons. The Morgan fingerprint density at radius 1 is 1.47 bits per heavy atom. The third-order valence-corrected chi connectivity index (χ3v) is 2.65. The van der Waals surface area contributed by atoms with E-state index in [9.17, 15) is 22.5 Å². The molecule has 0 heterocycles. The summed E-state index contributed by atoms with van der Waals surface area (Å²) in [5.74, 6) is -1.07. The molecule has 0 spiro atoms. The summed E-state index contributed by atoms with van der Waals surface area (Å²) in [4.78, 5) is 10.4. The van der Waals surface area contributed by atoms with Crippen molar-refractivity contribution in [2.75, 3.05) is 12.8 Å². The standard InChI is InChI=1S/C7H12F3O4P/c1-3-13-15(12)4-6(7(8,9)10)14-5(2)11/h6,15H,3-4H2,1-2H3. The van der Waals surface area contributed by atoms with Crippen LogP contribution in [0.2, 0.25) is 0 Å². The number of carbonyl (C=O) groups excluding carboxylic acids is 1. The maximum absolute atomic E-state index is 12.2. The average Bonchev–Trinajstić information content (AvgIpc) is 2.00. The van der Waals surface area contributed by atoms with Crippen LogP contribution in [-0.4, -0.2) is 31.0 Å². The zero-order valence-corrected chi connectivity index (χ0v) is 9.26. The third kappa shape index (κ3) is 6.52. The quantitative estimate of drug-likeness (QED) is 0.551. The van der Waals surface area contributed by atoms with Gasteiger partial charge in [0.2, 0.25) is 6.10 Å². The first kappa shape index (κ1) is 14.5. The topological polar surface area (TPSA) is 52.6 Å². The number of alkyl halides is 3. The van der Waals surface area contributed by atoms with Crippen molar-refractivity contribution >= 4 is 14.0 Å². The van der Waals surface area contributed by atoms with Crippen LogP contribution in [0, 0.1) is 0 Å². The molecule has 8 heteroatoms. The summed E-state index contributed by atoms with van der Waals surface area (Å²) in [7, 11) is -2.81. The van der Waals surface area contributed by atoms with Crippen molar-refractivity contribution < 1.29 is 31.8 Å². The van der Waals surface area contributed by atoms with Crippen molar-refractivity contribution in [3.05, 3.63) is 0 Å². The fourth-order valence-electron chi connectivity index (χ4n) is 0.796. The van der Waals surface area contributed by atoms with Crippen LogP contribution < -0.4 is 0 Å². The van der Waals surface area contributed by atoms with Crippen molar-refractivity contribution in [1.82, 2.24) is 0 Å². The zero-order valence-electron chi connectivity index (χ0n) is 8.26. The minimum Gasteiger partial charge on any atom is -0.452 e. The first-order chi connectivity index (χ1) is 6.77. The Morgan fingerprint density at radius 3 is 2.33 bits per heavy atom. The summed E-state index contributed by atoms with van der Waals surface area (Å²) in [6.45, 7) is 2.43. The van der Waals surface area contributed by atoms with E-state index < -0.39 is 32.4 Å². The number of esters is 1. The van der Waals surface area contributed by atoms with Gasteiger partial charge in [-0.05, 0) is 6.92 Å². The van der Waals surface area contributed by atoms with E-state index in [1.807, 2.05) is 0 Å². The molecule has 0 aromatic carbocycles. The molecule has 0 radical (unpaired) electrons. The van der Waals surface area contributed by atoms with Gasteiger partial charge in [-0.2, -0.15) is 13.2 Å². The number of hydrogen-bond acceptors (Lipinski definition) is 4. The highest BCUT2D eigenvalue weighted by atomic mass is 31.1. The summed E-state index contributed by atoms with van der Waals surface area (Å²) in [5.41, 5.74) is 0. The van der Waals surface area contributed by atoms with E-state index >= 15 is 0 Å². The van der Waals surface area contributed by atoms with Crippen molar-refractivity contribution in [3.8, 4) is 0 Å². The number of ether oxygens (including phenoxy) is 1. The highest BCUT2D eigenvalue weighted by molar-refractivity contribution is 7.39. The van der Waals surface area contributed by atoms with Gasteiger partial charge >= 0.3 is 12.1 Å². The van der Waals surface area contributed by atoms with E-state index in [0.717, 1.165) is 6.92 Å². The van der Waals surface area contributed by atoms with Gasteiger partial charge in [0.25, 0.3) is 0 Å². The first-order valence-corrected chi connectivity index (χ1v) is 5.69. The SMILES string of the molecule is CCO[PH](=O)CC(OC(C)=O)C(F)(F)F. The van der Waals surface area contributed by atoms with Crippen LogP contribution in [0.15, 0.2) is 0 Å². The Hall–Kier alpha value is -0.550. The average molecular weight is 248 g/mol. The van der Waals surface area contributed by atoms with E-state index in [1.165, 1.54) is 6.92 Å². The summed E-state index contributed by atoms with van der Waals surface area (Å²) in [6, 6.07) is 0. The minimum absolute atomic E-state index is 0.0580. The van der Waals surface area contributed by atoms with Gasteiger partial charge < -0.3 is 9.26 Å². The molecular formula is C7H12F3O4P. The largest absolute Gasteiger partial charge is 0.452 e. The van der Waals surface area contributed by atoms with Gasteiger partial charge in [-0.15, -0.1) is 0 Å². The molecule has 0 amide bonds. The van der Waals surface area contributed by atoms with Crippen LogP contribution in [0.5, 0.6) is 0 Å². The molecular weight excluding hydrogens is 236 g/mol. The minimum atomic E-state index is -4.72. The fraction of sp³-hybridized carbons (Fsp3) is 0.857. The van der Waals surface area contributed by atoms with Gasteiger partial charge in [0.15, 0.2) is 8.03 Å². The lowest BCUT2D eigenvalue weighted by molar-refractivity contribution is -0.214. The Kier molecular flexibility index (Phi) is 5.90. The van der Waals surface area contributed by atoms with Crippen molar-refractivity contribution in [2.45, 2.75) is 26.1 Å². The molecule has 0 aromatic rings. The van der Waals surface area contributed by atoms with Crippen LogP contribution in [0.4, 0.5) is 13.2 Å². The molecule has 0 saturated heterocycles. The Morgan fingerprint density at radius 2 is 2.00 bits per heavy atom. The van der Waals surface area contributed by atoms with E-state index in [0.29, 0.717) is 0 Å². The van der Waals surface area contributed by atoms with Crippen LogP contribution in [-0.2, 0) is 18.6 Å². The van der Waals surface area contributed by atoms with E-state index in [4.69, 9.17) is 0 Å². The molecule has 0 aromatic heterocycles. The van der Waals surface area contributed by atoms with Gasteiger partial charge in [0.1, 0.15) is 0 Å². The number of halogens is 3. The number of carbonyl (C=O) groups is 1. The molecule has 2 atom stereocenters. The monoisotopic (exact) mass is 248 g/mol. The highest BCUT2D eigenvalue weighted by Gasteiger charge is 2.43. The lowest BCUT2D eigenvalue weighted by Gasteiger charge is -2.19. The number of rotatable bonds is 5. The van der Waals surface area contributed by atoms with Gasteiger partial charge in [-0.25, -0.2) is 0 Å². The van der Waals surface area contributed by atoms with Crippen LogP contribution in [0.1, 0.15) is 13.8 Å². The lowest BCUT2D eigenvalue weighted by atomic mass is 10.4. The smallest absolute Gasteiger partial charge is 0.426 e. The lowest BCUT2D eigenvalue weighted by Crippen LogP contribution is -2.35. The van der Waals surface area contributed by atoms with Crippen LogP contribution >= 0.6 is 8.03 Å². The second-order valence-electron chi connectivity index (χ2n) is 2.65. The Bertz CT molecular complexity index is 241. The maximum atomic E-state index is 12.2. The molecule has 0 N–H and O–H groups in total. The normalized spacial score (nSPS) is 15.8. The molecule has 0 aliphatic carbocycles. The third-order valence-electron chi connectivity index (χ3n) is 1.33. The van der Waals surface area contributed by atoms with Crippen molar-refractivity contribution in [1.29, 1.82) is 0 Å². The van der Waals surface area contributed by atoms with Gasteiger partial charge in [-0.3, -0.25) is 9.36 Å². The Balaban J connectivity index is 4.38. The van der Waals surface area contributed by atoms with E-state index in [-0.39, 0.29) is 6.61 Å². The molecule has 0 fully saturated rings. The number of hydrogen-bond donors (Lipinski definition) is 0. The summed E-state index contributed by atoms with van der Waals surface area (Å²) in [5, 5.41) is 0. The molecule has 0 bridgehead atoms. The van der Waals surface area contributed by atoms with Crippen molar-refractivity contribution in [3.63, 3.8) is 0 Å². The predicted molar refractivity (Wildman–Crippen MR) is 47.1 cm³/mol. The molecule has 15 heavy (non-hydrogen) atoms. The molecule has 0 saturated carbocycles. The first-order valence-electron chi connectivity index (χ1n) is 4.17. The fourth-order valence-corrected chi connectivity index (χ4v) is 1.85. The van der Waals surface area contributed by atoms with E-state index in [2.05, 4.69) is 9.26 Å². The molecule has 0 aliphatic heterocycles. The Labute approximate surface area is 85.6 Å². The molecule has 4 nitrogen and oxygen atoms in total. The highest BCUT2D eigenvalue weighted by Crippen LogP contribution is 2.32. The maximum Gasteiger partial charge on any atom is 0.426 e. The summed E-state index contributed by atoms with van der Waals surface area (Å²) >= 11 is 0. The molecule has 2 unspecified atom stereocenters. The van der Waals surface area contributed by atoms with Gasteiger partial charge in [-0.1, -0.05) is 0 Å². The predicted octanol–water partition coefficient (Wildman–Crippen LogP) is 1.99. The van der Waals surface area contributed by atoms with Gasteiger partial charge in [0, 0.05) is 6.92 Å².